The molecule has 1 amide bonds. The van der Waals surface area contributed by atoms with E-state index in [0.29, 0.717) is 17.7 Å². The van der Waals surface area contributed by atoms with Crippen LogP contribution in [0.5, 0.6) is 0 Å². The first-order chi connectivity index (χ1) is 21.3. The van der Waals surface area contributed by atoms with E-state index in [0.717, 1.165) is 31.9 Å². The molecule has 44 heavy (non-hydrogen) atoms. The Balaban J connectivity index is 1.21. The van der Waals surface area contributed by atoms with Crippen LogP contribution in [0.4, 0.5) is 0 Å². The van der Waals surface area contributed by atoms with Gasteiger partial charge in [0.25, 0.3) is 8.53 Å². The Bertz CT molecular complexity index is 1360. The molecule has 2 aromatic rings. The highest BCUT2D eigenvalue weighted by atomic mass is 31.2. The summed E-state index contributed by atoms with van der Waals surface area (Å²) >= 11 is 0. The molecule has 4 heterocycles. The van der Waals surface area contributed by atoms with E-state index in [-0.39, 0.29) is 24.2 Å². The number of nitrogens with one attached hydrogen (secondary N) is 1. The highest BCUT2D eigenvalue weighted by Gasteiger charge is 2.54. The fourth-order valence-corrected chi connectivity index (χ4v) is 13.0. The van der Waals surface area contributed by atoms with Crippen molar-refractivity contribution in [1.29, 1.82) is 0 Å². The SMILES string of the molecule is C=C1N=C(NC(C)=O)C=CN1[C@@H]1O[C@H](CC)[C@H](O[P@@]2O[C@H](C[Si](C)(c3ccccc3)c3ccccc3)[C@@H]3CCCN32)C1OC. The number of amidine groups is 1. The average molecular weight is 635 g/mol. The number of nitrogens with zero attached hydrogens (tertiary/aromatic N) is 3. The molecule has 0 spiro atoms. The fourth-order valence-electron chi connectivity index (χ4n) is 6.98. The van der Waals surface area contributed by atoms with Crippen molar-refractivity contribution in [2.75, 3.05) is 13.7 Å². The molecular formula is C33H43N4O5PSi. The van der Waals surface area contributed by atoms with Crippen molar-refractivity contribution in [3.8, 4) is 0 Å². The fraction of sp³-hybridized carbons (Fsp3) is 0.455. The standard InChI is InChI=1S/C33H43N4O5PSi/c1-6-28-31(32(39-4)33(40-28)36-21-19-30(34-23(36)2)35-24(3)38)42-43-37-20-13-18-27(37)29(41-43)22-44(5,25-14-9-7-10-15-25)26-16-11-8-12-17-26/h7-12,14-17,19,21,27-29,31-33H,2,6,13,18,20,22H2,1,3-5H3,(H,34,35,38)/t27-,28+,29+,31-,32?,33+,43+/m0/s1. The summed E-state index contributed by atoms with van der Waals surface area (Å²) in [7, 11) is -1.71. The monoisotopic (exact) mass is 634 g/mol. The van der Waals surface area contributed by atoms with Gasteiger partial charge in [0.15, 0.2) is 6.23 Å². The van der Waals surface area contributed by atoms with Crippen LogP contribution in [-0.2, 0) is 23.3 Å². The van der Waals surface area contributed by atoms with Crippen molar-refractivity contribution >= 4 is 38.7 Å². The van der Waals surface area contributed by atoms with E-state index in [2.05, 4.69) is 95.7 Å². The molecule has 0 bridgehead atoms. The number of ether oxygens (including phenoxy) is 2. The zero-order valence-electron chi connectivity index (χ0n) is 26.0. The molecule has 7 atom stereocenters. The Hall–Kier alpha value is -2.69. The zero-order chi connectivity index (χ0) is 30.8. The number of amides is 1. The minimum Gasteiger partial charge on any atom is -0.374 e. The van der Waals surface area contributed by atoms with Gasteiger partial charge in [0, 0.05) is 32.8 Å². The number of hydrogen-bond acceptors (Lipinski definition) is 8. The number of fused-ring (bicyclic) bond motifs is 1. The Labute approximate surface area is 262 Å². The molecule has 1 N–H and O–H groups in total. The topological polar surface area (TPSA) is 84.9 Å². The molecule has 9 nitrogen and oxygen atoms in total. The maximum absolute atomic E-state index is 11.5. The van der Waals surface area contributed by atoms with Crippen molar-refractivity contribution < 1.29 is 23.3 Å². The van der Waals surface area contributed by atoms with E-state index >= 15 is 0 Å². The van der Waals surface area contributed by atoms with Crippen LogP contribution >= 0.6 is 8.53 Å². The molecule has 4 aliphatic heterocycles. The lowest BCUT2D eigenvalue weighted by molar-refractivity contribution is -0.117. The summed E-state index contributed by atoms with van der Waals surface area (Å²) in [4.78, 5) is 17.8. The third kappa shape index (κ3) is 6.09. The first-order valence-corrected chi connectivity index (χ1v) is 19.4. The van der Waals surface area contributed by atoms with Crippen LogP contribution in [0, 0.1) is 0 Å². The molecule has 3 saturated heterocycles. The van der Waals surface area contributed by atoms with Crippen LogP contribution in [0.2, 0.25) is 12.6 Å². The van der Waals surface area contributed by atoms with E-state index in [1.807, 2.05) is 11.1 Å². The van der Waals surface area contributed by atoms with Gasteiger partial charge >= 0.3 is 0 Å². The van der Waals surface area contributed by atoms with E-state index in [4.69, 9.17) is 18.5 Å². The Morgan fingerprint density at radius 2 is 1.80 bits per heavy atom. The molecule has 4 aliphatic rings. The number of methoxy groups -OCH3 is 1. The molecule has 0 aromatic heterocycles. The quantitative estimate of drug-likeness (QED) is 0.325. The second kappa shape index (κ2) is 13.3. The zero-order valence-corrected chi connectivity index (χ0v) is 27.9. The highest BCUT2D eigenvalue weighted by Crippen LogP contribution is 2.58. The van der Waals surface area contributed by atoms with Gasteiger partial charge in [-0.2, -0.15) is 0 Å². The minimum absolute atomic E-state index is 0.0891. The summed E-state index contributed by atoms with van der Waals surface area (Å²) in [6.45, 7) is 11.1. The third-order valence-corrected chi connectivity index (χ3v) is 15.5. The van der Waals surface area contributed by atoms with Crippen LogP contribution in [-0.4, -0.2) is 79.7 Å². The summed E-state index contributed by atoms with van der Waals surface area (Å²) in [6, 6.07) is 23.3. The average Bonchev–Trinajstić information content (AvgIpc) is 3.73. The van der Waals surface area contributed by atoms with Crippen LogP contribution in [0.15, 0.2) is 90.3 Å². The van der Waals surface area contributed by atoms with Gasteiger partial charge in [0.2, 0.25) is 5.91 Å². The Morgan fingerprint density at radius 3 is 2.39 bits per heavy atom. The Morgan fingerprint density at radius 1 is 1.11 bits per heavy atom. The minimum atomic E-state index is -2.11. The largest absolute Gasteiger partial charge is 0.374 e. The van der Waals surface area contributed by atoms with Gasteiger partial charge in [-0.3, -0.25) is 4.79 Å². The van der Waals surface area contributed by atoms with Gasteiger partial charge in [-0.05, 0) is 31.4 Å². The van der Waals surface area contributed by atoms with Crippen molar-refractivity contribution in [2.45, 2.75) is 82.4 Å². The summed E-state index contributed by atoms with van der Waals surface area (Å²) < 4.78 is 29.0. The van der Waals surface area contributed by atoms with Gasteiger partial charge in [-0.1, -0.05) is 91.1 Å². The molecule has 2 aromatic carbocycles. The second-order valence-corrected chi connectivity index (χ2v) is 17.7. The van der Waals surface area contributed by atoms with Crippen LogP contribution in [0.3, 0.4) is 0 Å². The third-order valence-electron chi connectivity index (χ3n) is 9.26. The van der Waals surface area contributed by atoms with Gasteiger partial charge in [-0.15, -0.1) is 0 Å². The predicted octanol–water partition coefficient (Wildman–Crippen LogP) is 4.34. The number of carbonyl (C=O) groups is 1. The number of aliphatic imine (C=N–C) groups is 1. The molecule has 11 heteroatoms. The van der Waals surface area contributed by atoms with Crippen molar-refractivity contribution in [3.05, 3.63) is 85.3 Å². The number of benzene rings is 2. The van der Waals surface area contributed by atoms with Crippen LogP contribution < -0.4 is 15.7 Å². The summed E-state index contributed by atoms with van der Waals surface area (Å²) in [6.07, 6.45) is 5.29. The maximum Gasteiger partial charge on any atom is 0.259 e. The smallest absolute Gasteiger partial charge is 0.259 e. The van der Waals surface area contributed by atoms with Gasteiger partial charge in [0.1, 0.15) is 31.9 Å². The molecule has 0 saturated carbocycles. The van der Waals surface area contributed by atoms with Crippen LogP contribution in [0.1, 0.15) is 33.1 Å². The lowest BCUT2D eigenvalue weighted by atomic mass is 10.1. The number of hydrogen-bond donors (Lipinski definition) is 1. The van der Waals surface area contributed by atoms with E-state index in [9.17, 15) is 4.79 Å². The summed E-state index contributed by atoms with van der Waals surface area (Å²) in [5.74, 6) is 0.724. The summed E-state index contributed by atoms with van der Waals surface area (Å²) in [5, 5.41) is 5.56. The van der Waals surface area contributed by atoms with Crippen molar-refractivity contribution in [3.63, 3.8) is 0 Å². The second-order valence-electron chi connectivity index (χ2n) is 12.1. The molecule has 234 valence electrons. The van der Waals surface area contributed by atoms with Gasteiger partial charge in [0.05, 0.1) is 12.2 Å². The van der Waals surface area contributed by atoms with Crippen molar-refractivity contribution in [1.82, 2.24) is 14.9 Å². The van der Waals surface area contributed by atoms with Crippen molar-refractivity contribution in [2.24, 2.45) is 4.99 Å². The normalized spacial score (nSPS) is 30.5. The first kappa shape index (κ1) is 31.3. The summed E-state index contributed by atoms with van der Waals surface area (Å²) in [5.41, 5.74) is 0. The first-order valence-electron chi connectivity index (χ1n) is 15.5. The lowest BCUT2D eigenvalue weighted by Crippen LogP contribution is -2.58. The van der Waals surface area contributed by atoms with E-state index < -0.39 is 28.9 Å². The maximum atomic E-state index is 11.5. The molecule has 3 fully saturated rings. The van der Waals surface area contributed by atoms with E-state index in [1.165, 1.54) is 17.3 Å². The molecule has 0 radical (unpaired) electrons. The molecule has 6 rings (SSSR count). The molecule has 1 unspecified atom stereocenters. The molecule has 0 aliphatic carbocycles. The number of carbonyl (C=O) groups excluding carboxylic acids is 1. The highest BCUT2D eigenvalue weighted by molar-refractivity contribution is 7.45. The number of rotatable bonds is 9. The van der Waals surface area contributed by atoms with Gasteiger partial charge < -0.3 is 28.7 Å². The van der Waals surface area contributed by atoms with Gasteiger partial charge in [-0.25, -0.2) is 9.66 Å². The van der Waals surface area contributed by atoms with Crippen LogP contribution in [0.25, 0.3) is 0 Å². The predicted molar refractivity (Wildman–Crippen MR) is 176 cm³/mol. The Kier molecular flexibility index (Phi) is 9.49. The molecular weight excluding hydrogens is 591 g/mol. The van der Waals surface area contributed by atoms with E-state index in [1.54, 1.807) is 13.2 Å². The lowest BCUT2D eigenvalue weighted by Gasteiger charge is -2.33.